The molecule has 5 nitrogen and oxygen atoms in total. The zero-order chi connectivity index (χ0) is 19.5. The molecule has 0 unspecified atom stereocenters. The summed E-state index contributed by atoms with van der Waals surface area (Å²) in [4.78, 5) is 0. The standard InChI is InChI=1S/C15H13Cl6N3O2/c1-25-11-6-4-9(7-12(11)26-2)3-5-10-8-13(14(16,17)18)23-24(22-10)15(19,20)21/h3-8,23H,1-2H3. The maximum atomic E-state index is 5.92. The monoisotopic (exact) mass is 477 g/mol. The van der Waals surface area contributed by atoms with Crippen molar-refractivity contribution in [2.24, 2.45) is 5.10 Å². The quantitative estimate of drug-likeness (QED) is 0.459. The van der Waals surface area contributed by atoms with Crippen LogP contribution in [0.4, 0.5) is 0 Å². The van der Waals surface area contributed by atoms with Gasteiger partial charge in [0.25, 0.3) is 0 Å². The molecule has 1 aromatic rings. The number of allylic oxidation sites excluding steroid dienone is 3. The van der Waals surface area contributed by atoms with Gasteiger partial charge in [0.1, 0.15) is 0 Å². The van der Waals surface area contributed by atoms with Crippen LogP contribution < -0.4 is 14.9 Å². The van der Waals surface area contributed by atoms with Crippen LogP contribution in [-0.2, 0) is 0 Å². The molecule has 0 bridgehead atoms. The minimum Gasteiger partial charge on any atom is -0.493 e. The number of nitrogens with one attached hydrogen (secondary N) is 1. The van der Waals surface area contributed by atoms with Crippen LogP contribution in [-0.4, -0.2) is 32.8 Å². The van der Waals surface area contributed by atoms with E-state index < -0.39 is 7.71 Å². The number of ether oxygens (including phenoxy) is 2. The highest BCUT2D eigenvalue weighted by atomic mass is 35.6. The minimum absolute atomic E-state index is 0.177. The van der Waals surface area contributed by atoms with Gasteiger partial charge in [0.05, 0.1) is 25.6 Å². The highest BCUT2D eigenvalue weighted by Crippen LogP contribution is 2.38. The molecule has 1 aliphatic rings. The van der Waals surface area contributed by atoms with Crippen LogP contribution in [0.1, 0.15) is 5.56 Å². The molecular formula is C15H13Cl6N3O2. The molecule has 1 N–H and O–H groups in total. The SMILES string of the molecule is COc1ccc(C=CC2=NN(C(Cl)(Cl)Cl)NC(C(Cl)(Cl)Cl)=C2)cc1OC. The first kappa shape index (κ1) is 21.6. The molecule has 0 radical (unpaired) electrons. The second-order valence-corrected chi connectivity index (χ2v) is 9.42. The Hall–Kier alpha value is -0.690. The van der Waals surface area contributed by atoms with Gasteiger partial charge in [0.2, 0.25) is 3.79 Å². The Bertz CT molecular complexity index is 753. The summed E-state index contributed by atoms with van der Waals surface area (Å²) in [5.41, 5.74) is 4.04. The summed E-state index contributed by atoms with van der Waals surface area (Å²) in [5, 5.41) is 5.12. The van der Waals surface area contributed by atoms with E-state index in [1.54, 1.807) is 38.5 Å². The summed E-state index contributed by atoms with van der Waals surface area (Å²) in [7, 11) is 3.11. The van der Waals surface area contributed by atoms with Crippen LogP contribution >= 0.6 is 69.6 Å². The Kier molecular flexibility index (Phi) is 7.10. The fourth-order valence-corrected chi connectivity index (χ4v) is 2.48. The van der Waals surface area contributed by atoms with Gasteiger partial charge in [-0.15, -0.1) is 0 Å². The van der Waals surface area contributed by atoms with Crippen LogP contribution in [0, 0.1) is 0 Å². The van der Waals surface area contributed by atoms with Crippen molar-refractivity contribution < 1.29 is 9.47 Å². The van der Waals surface area contributed by atoms with Crippen LogP contribution in [0.2, 0.25) is 0 Å². The van der Waals surface area contributed by atoms with Gasteiger partial charge < -0.3 is 9.47 Å². The number of hydrogen-bond acceptors (Lipinski definition) is 5. The molecule has 1 aliphatic heterocycles. The predicted molar refractivity (Wildman–Crippen MR) is 110 cm³/mol. The lowest BCUT2D eigenvalue weighted by atomic mass is 10.1. The van der Waals surface area contributed by atoms with Crippen molar-refractivity contribution in [1.82, 2.24) is 10.5 Å². The average molecular weight is 480 g/mol. The highest BCUT2D eigenvalue weighted by molar-refractivity contribution is 6.69. The van der Waals surface area contributed by atoms with Crippen LogP contribution in [0.3, 0.4) is 0 Å². The van der Waals surface area contributed by atoms with Gasteiger partial charge in [0.15, 0.2) is 11.5 Å². The van der Waals surface area contributed by atoms with Gasteiger partial charge in [-0.3, -0.25) is 5.43 Å². The number of alkyl halides is 6. The number of benzene rings is 1. The smallest absolute Gasteiger partial charge is 0.301 e. The van der Waals surface area contributed by atoms with Crippen molar-refractivity contribution in [1.29, 1.82) is 0 Å². The van der Waals surface area contributed by atoms with Crippen molar-refractivity contribution in [2.75, 3.05) is 14.2 Å². The zero-order valence-electron chi connectivity index (χ0n) is 13.4. The molecule has 11 heteroatoms. The van der Waals surface area contributed by atoms with Crippen molar-refractivity contribution in [3.05, 3.63) is 41.6 Å². The third kappa shape index (κ3) is 5.65. The van der Waals surface area contributed by atoms with Gasteiger partial charge in [-0.2, -0.15) is 10.2 Å². The lowest BCUT2D eigenvalue weighted by molar-refractivity contribution is 0.216. The Labute approximate surface area is 181 Å². The zero-order valence-corrected chi connectivity index (χ0v) is 18.0. The normalized spacial score (nSPS) is 15.5. The first-order valence-electron chi connectivity index (χ1n) is 6.96. The molecule has 0 amide bonds. The molecule has 0 saturated carbocycles. The topological polar surface area (TPSA) is 46.1 Å². The number of hydrazone groups is 1. The minimum atomic E-state index is -1.89. The summed E-state index contributed by atoms with van der Waals surface area (Å²) in [6, 6.07) is 5.41. The number of rotatable bonds is 4. The largest absolute Gasteiger partial charge is 0.493 e. The molecule has 142 valence electrons. The van der Waals surface area contributed by atoms with Gasteiger partial charge >= 0.3 is 3.92 Å². The van der Waals surface area contributed by atoms with Crippen LogP contribution in [0.15, 0.2) is 41.1 Å². The number of hydrogen-bond donors (Lipinski definition) is 1. The Morgan fingerprint density at radius 2 is 1.65 bits per heavy atom. The van der Waals surface area contributed by atoms with E-state index in [0.717, 1.165) is 10.7 Å². The summed E-state index contributed by atoms with van der Waals surface area (Å²) in [6.07, 6.45) is 4.97. The summed E-state index contributed by atoms with van der Waals surface area (Å²) in [5.74, 6) is 1.20. The Balaban J connectivity index is 2.34. The first-order valence-corrected chi connectivity index (χ1v) is 9.22. The lowest BCUT2D eigenvalue weighted by Crippen LogP contribution is -2.47. The number of methoxy groups -OCH3 is 2. The van der Waals surface area contributed by atoms with E-state index in [1.165, 1.54) is 6.08 Å². The maximum absolute atomic E-state index is 5.92. The Morgan fingerprint density at radius 3 is 2.19 bits per heavy atom. The second-order valence-electron chi connectivity index (χ2n) is 4.92. The molecule has 0 aliphatic carbocycles. The lowest BCUT2D eigenvalue weighted by Gasteiger charge is -2.33. The molecule has 0 fully saturated rings. The van der Waals surface area contributed by atoms with Crippen LogP contribution in [0.25, 0.3) is 6.08 Å². The van der Waals surface area contributed by atoms with E-state index >= 15 is 0 Å². The fourth-order valence-electron chi connectivity index (χ4n) is 1.95. The van der Waals surface area contributed by atoms with E-state index in [-0.39, 0.29) is 5.70 Å². The van der Waals surface area contributed by atoms with E-state index in [2.05, 4.69) is 10.5 Å². The van der Waals surface area contributed by atoms with Gasteiger partial charge in [-0.05, 0) is 29.8 Å². The molecule has 0 atom stereocenters. The average Bonchev–Trinajstić information content (AvgIpc) is 2.57. The molecule has 0 spiro atoms. The maximum Gasteiger partial charge on any atom is 0.301 e. The summed E-state index contributed by atoms with van der Waals surface area (Å²) in [6.45, 7) is 0. The second kappa shape index (κ2) is 8.55. The van der Waals surface area contributed by atoms with E-state index in [9.17, 15) is 0 Å². The van der Waals surface area contributed by atoms with E-state index in [1.807, 2.05) is 6.07 Å². The molecule has 26 heavy (non-hydrogen) atoms. The van der Waals surface area contributed by atoms with Crippen molar-refractivity contribution in [2.45, 2.75) is 7.71 Å². The molecule has 1 heterocycles. The molecule has 1 aromatic carbocycles. The summed E-state index contributed by atoms with van der Waals surface area (Å²) < 4.78 is 6.82. The number of hydrazine groups is 1. The Morgan fingerprint density at radius 1 is 1.00 bits per heavy atom. The van der Waals surface area contributed by atoms with Gasteiger partial charge in [0, 0.05) is 0 Å². The van der Waals surface area contributed by atoms with Crippen molar-refractivity contribution >= 4 is 81.4 Å². The number of halogens is 6. The van der Waals surface area contributed by atoms with Crippen molar-refractivity contribution in [3.8, 4) is 11.5 Å². The molecule has 2 rings (SSSR count). The third-order valence-corrected chi connectivity index (χ3v) is 4.22. The highest BCUT2D eigenvalue weighted by Gasteiger charge is 2.37. The first-order chi connectivity index (χ1) is 12.0. The van der Waals surface area contributed by atoms with E-state index in [0.29, 0.717) is 17.2 Å². The predicted octanol–water partition coefficient (Wildman–Crippen LogP) is 5.48. The summed E-state index contributed by atoms with van der Waals surface area (Å²) >= 11 is 35.3. The molecular weight excluding hydrogens is 467 g/mol. The van der Waals surface area contributed by atoms with Gasteiger partial charge in [-0.1, -0.05) is 81.7 Å². The van der Waals surface area contributed by atoms with Crippen molar-refractivity contribution in [3.63, 3.8) is 0 Å². The van der Waals surface area contributed by atoms with E-state index in [4.69, 9.17) is 79.1 Å². The molecule has 0 saturated heterocycles. The third-order valence-electron chi connectivity index (χ3n) is 3.13. The van der Waals surface area contributed by atoms with Gasteiger partial charge in [-0.25, -0.2) is 0 Å². The number of nitrogens with zero attached hydrogens (tertiary/aromatic N) is 2. The molecule has 0 aromatic heterocycles. The fraction of sp³-hybridized carbons (Fsp3) is 0.267. The van der Waals surface area contributed by atoms with Crippen LogP contribution in [0.5, 0.6) is 11.5 Å².